The molecule has 3 rings (SSSR count). The normalized spacial score (nSPS) is 12.0. The van der Waals surface area contributed by atoms with E-state index in [0.29, 0.717) is 35.1 Å². The van der Waals surface area contributed by atoms with Gasteiger partial charge in [-0.05, 0) is 29.8 Å². The lowest BCUT2D eigenvalue weighted by atomic mass is 10.1. The first-order valence-electron chi connectivity index (χ1n) is 6.11. The van der Waals surface area contributed by atoms with Crippen LogP contribution in [-0.4, -0.2) is 6.79 Å². The van der Waals surface area contributed by atoms with Crippen molar-refractivity contribution in [1.82, 2.24) is 0 Å². The Balaban J connectivity index is 1.90. The number of fused-ring (bicyclic) bond motifs is 1. The Morgan fingerprint density at radius 1 is 1.15 bits per heavy atom. The summed E-state index contributed by atoms with van der Waals surface area (Å²) in [6.45, 7) is 0.604. The van der Waals surface area contributed by atoms with E-state index in [-0.39, 0.29) is 6.79 Å². The lowest BCUT2D eigenvalue weighted by Crippen LogP contribution is -1.97. The predicted molar refractivity (Wildman–Crippen MR) is 71.7 cm³/mol. The van der Waals surface area contributed by atoms with E-state index in [1.165, 1.54) is 0 Å². The van der Waals surface area contributed by atoms with Crippen LogP contribution in [0.4, 0.5) is 0 Å². The third-order valence-corrected chi connectivity index (χ3v) is 2.97. The van der Waals surface area contributed by atoms with E-state index < -0.39 is 0 Å². The lowest BCUT2D eigenvalue weighted by molar-refractivity contribution is 0.174. The monoisotopic (exact) mass is 268 g/mol. The number of nitrogens with zero attached hydrogens (tertiary/aromatic N) is 1. The summed E-state index contributed by atoms with van der Waals surface area (Å²) in [6, 6.07) is 12.7. The van der Waals surface area contributed by atoms with Crippen LogP contribution >= 0.6 is 0 Å². The first-order chi connectivity index (χ1) is 9.80. The molecule has 2 aromatic carbocycles. The van der Waals surface area contributed by atoms with E-state index in [9.17, 15) is 0 Å². The van der Waals surface area contributed by atoms with Crippen molar-refractivity contribution >= 4 is 0 Å². The van der Waals surface area contributed by atoms with Gasteiger partial charge in [-0.1, -0.05) is 6.07 Å². The summed E-state index contributed by atoms with van der Waals surface area (Å²) in [6.07, 6.45) is 0. The molecule has 0 saturated heterocycles. The van der Waals surface area contributed by atoms with Gasteiger partial charge in [0.1, 0.15) is 17.6 Å². The molecule has 0 aromatic heterocycles. The van der Waals surface area contributed by atoms with Crippen LogP contribution in [0.1, 0.15) is 11.1 Å². The molecule has 5 nitrogen and oxygen atoms in total. The van der Waals surface area contributed by atoms with Gasteiger partial charge in [0.05, 0.1) is 5.56 Å². The number of nitriles is 1. The van der Waals surface area contributed by atoms with Crippen molar-refractivity contribution in [2.75, 3.05) is 6.79 Å². The molecule has 0 spiro atoms. The zero-order chi connectivity index (χ0) is 13.9. The Morgan fingerprint density at radius 2 is 2.00 bits per heavy atom. The zero-order valence-corrected chi connectivity index (χ0v) is 10.6. The highest BCUT2D eigenvalue weighted by Crippen LogP contribution is 2.37. The second kappa shape index (κ2) is 5.11. The predicted octanol–water partition coefficient (Wildman–Crippen LogP) is 2.54. The molecule has 2 N–H and O–H groups in total. The van der Waals surface area contributed by atoms with Gasteiger partial charge in [-0.15, -0.1) is 0 Å². The molecule has 0 saturated carbocycles. The highest BCUT2D eigenvalue weighted by Gasteiger charge is 2.14. The van der Waals surface area contributed by atoms with E-state index in [1.54, 1.807) is 30.3 Å². The fraction of sp³-hybridized carbons (Fsp3) is 0.133. The molecule has 1 aliphatic heterocycles. The zero-order valence-electron chi connectivity index (χ0n) is 10.6. The maximum atomic E-state index is 9.16. The summed E-state index contributed by atoms with van der Waals surface area (Å²) in [5.41, 5.74) is 6.90. The van der Waals surface area contributed by atoms with Crippen LogP contribution in [0.25, 0.3) is 0 Å². The molecular formula is C15H12N2O3. The van der Waals surface area contributed by atoms with Gasteiger partial charge in [0.25, 0.3) is 0 Å². The first kappa shape index (κ1) is 12.3. The molecule has 0 bridgehead atoms. The molecule has 0 radical (unpaired) electrons. The Bertz CT molecular complexity index is 692. The molecule has 0 aliphatic carbocycles. The quantitative estimate of drug-likeness (QED) is 0.925. The molecule has 100 valence electrons. The topological polar surface area (TPSA) is 77.5 Å². The number of hydrogen-bond acceptors (Lipinski definition) is 5. The highest BCUT2D eigenvalue weighted by atomic mass is 16.7. The summed E-state index contributed by atoms with van der Waals surface area (Å²) >= 11 is 0. The van der Waals surface area contributed by atoms with Gasteiger partial charge in [0.15, 0.2) is 11.5 Å². The van der Waals surface area contributed by atoms with Crippen LogP contribution in [0, 0.1) is 11.3 Å². The van der Waals surface area contributed by atoms with Crippen LogP contribution < -0.4 is 19.9 Å². The summed E-state index contributed by atoms with van der Waals surface area (Å²) < 4.78 is 16.2. The van der Waals surface area contributed by atoms with Gasteiger partial charge in [-0.3, -0.25) is 0 Å². The minimum absolute atomic E-state index is 0.216. The molecule has 1 heterocycles. The van der Waals surface area contributed by atoms with E-state index in [0.717, 1.165) is 5.56 Å². The van der Waals surface area contributed by atoms with Crippen LogP contribution in [0.3, 0.4) is 0 Å². The molecule has 2 aromatic rings. The SMILES string of the molecule is N#Cc1cc(CN)ccc1Oc1ccc2c(c1)OCO2. The van der Waals surface area contributed by atoms with Crippen LogP contribution in [0.2, 0.25) is 0 Å². The lowest BCUT2D eigenvalue weighted by Gasteiger charge is -2.09. The van der Waals surface area contributed by atoms with Gasteiger partial charge in [0, 0.05) is 12.6 Å². The largest absolute Gasteiger partial charge is 0.456 e. The van der Waals surface area contributed by atoms with Crippen molar-refractivity contribution in [3.63, 3.8) is 0 Å². The molecule has 1 aliphatic rings. The van der Waals surface area contributed by atoms with E-state index in [2.05, 4.69) is 6.07 Å². The molecular weight excluding hydrogens is 256 g/mol. The van der Waals surface area contributed by atoms with Crippen molar-refractivity contribution in [3.05, 3.63) is 47.5 Å². The smallest absolute Gasteiger partial charge is 0.231 e. The Hall–Kier alpha value is -2.71. The third kappa shape index (κ3) is 2.25. The van der Waals surface area contributed by atoms with Crippen molar-refractivity contribution in [3.8, 4) is 29.1 Å². The molecule has 0 fully saturated rings. The summed E-state index contributed by atoms with van der Waals surface area (Å²) in [7, 11) is 0. The number of nitrogens with two attached hydrogens (primary N) is 1. The second-order valence-corrected chi connectivity index (χ2v) is 4.26. The average Bonchev–Trinajstić information content (AvgIpc) is 2.95. The molecule has 0 unspecified atom stereocenters. The highest BCUT2D eigenvalue weighted by molar-refractivity contribution is 5.51. The number of rotatable bonds is 3. The summed E-state index contributed by atoms with van der Waals surface area (Å²) in [5, 5.41) is 9.16. The minimum atomic E-state index is 0.216. The standard InChI is InChI=1S/C15H12N2O3/c16-7-10-1-3-13(11(5-10)8-17)20-12-2-4-14-15(6-12)19-9-18-14/h1-6H,7,9,16H2. The Labute approximate surface area is 116 Å². The molecule has 20 heavy (non-hydrogen) atoms. The van der Waals surface area contributed by atoms with E-state index in [4.69, 9.17) is 25.2 Å². The molecule has 5 heteroatoms. The number of hydrogen-bond donors (Lipinski definition) is 1. The molecule has 0 atom stereocenters. The van der Waals surface area contributed by atoms with Gasteiger partial charge < -0.3 is 19.9 Å². The molecule has 0 amide bonds. The maximum absolute atomic E-state index is 9.16. The van der Waals surface area contributed by atoms with Gasteiger partial charge >= 0.3 is 0 Å². The second-order valence-electron chi connectivity index (χ2n) is 4.26. The summed E-state index contributed by atoms with van der Waals surface area (Å²) in [5.74, 6) is 2.41. The number of ether oxygens (including phenoxy) is 3. The minimum Gasteiger partial charge on any atom is -0.456 e. The Morgan fingerprint density at radius 3 is 2.80 bits per heavy atom. The van der Waals surface area contributed by atoms with Crippen molar-refractivity contribution in [1.29, 1.82) is 5.26 Å². The van der Waals surface area contributed by atoms with Crippen molar-refractivity contribution < 1.29 is 14.2 Å². The maximum Gasteiger partial charge on any atom is 0.231 e. The van der Waals surface area contributed by atoms with Crippen molar-refractivity contribution in [2.24, 2.45) is 5.73 Å². The van der Waals surface area contributed by atoms with Crippen LogP contribution in [0.15, 0.2) is 36.4 Å². The number of benzene rings is 2. The van der Waals surface area contributed by atoms with Crippen LogP contribution in [0.5, 0.6) is 23.0 Å². The first-order valence-corrected chi connectivity index (χ1v) is 6.11. The summed E-state index contributed by atoms with van der Waals surface area (Å²) in [4.78, 5) is 0. The van der Waals surface area contributed by atoms with Crippen LogP contribution in [-0.2, 0) is 6.54 Å². The van der Waals surface area contributed by atoms with E-state index >= 15 is 0 Å². The van der Waals surface area contributed by atoms with Gasteiger partial charge in [0.2, 0.25) is 6.79 Å². The van der Waals surface area contributed by atoms with Gasteiger partial charge in [-0.2, -0.15) is 5.26 Å². The van der Waals surface area contributed by atoms with Crippen molar-refractivity contribution in [2.45, 2.75) is 6.54 Å². The third-order valence-electron chi connectivity index (χ3n) is 2.97. The van der Waals surface area contributed by atoms with Gasteiger partial charge in [-0.25, -0.2) is 0 Å². The average molecular weight is 268 g/mol. The fourth-order valence-corrected chi connectivity index (χ4v) is 1.95. The Kier molecular flexibility index (Phi) is 3.15. The fourth-order valence-electron chi connectivity index (χ4n) is 1.95. The van der Waals surface area contributed by atoms with E-state index in [1.807, 2.05) is 6.07 Å².